The van der Waals surface area contributed by atoms with E-state index in [-0.39, 0.29) is 6.04 Å². The first-order valence-electron chi connectivity index (χ1n) is 6.55. The van der Waals surface area contributed by atoms with E-state index < -0.39 is 0 Å². The highest BCUT2D eigenvalue weighted by Crippen LogP contribution is 2.23. The van der Waals surface area contributed by atoms with Crippen molar-refractivity contribution in [2.24, 2.45) is 5.73 Å². The number of pyridine rings is 1. The van der Waals surface area contributed by atoms with Crippen LogP contribution in [0.1, 0.15) is 43.9 Å². The monoisotopic (exact) mass is 256 g/mol. The molecule has 19 heavy (non-hydrogen) atoms. The van der Waals surface area contributed by atoms with E-state index in [4.69, 9.17) is 10.5 Å². The van der Waals surface area contributed by atoms with E-state index in [1.165, 1.54) is 5.56 Å². The smallest absolute Gasteiger partial charge is 0.219 e. The number of nitrogens with zero attached hydrogens (tertiary/aromatic N) is 1. The lowest BCUT2D eigenvalue weighted by molar-refractivity contribution is 0.462. The molecule has 1 atom stereocenters. The molecule has 2 rings (SSSR count). The summed E-state index contributed by atoms with van der Waals surface area (Å²) in [7, 11) is 0. The van der Waals surface area contributed by atoms with Gasteiger partial charge in [0.25, 0.3) is 0 Å². The van der Waals surface area contributed by atoms with Crippen molar-refractivity contribution in [2.75, 3.05) is 0 Å². The van der Waals surface area contributed by atoms with Crippen molar-refractivity contribution in [2.45, 2.75) is 32.7 Å². The first-order valence-corrected chi connectivity index (χ1v) is 6.55. The van der Waals surface area contributed by atoms with Crippen LogP contribution in [-0.4, -0.2) is 4.98 Å². The molecule has 1 heterocycles. The van der Waals surface area contributed by atoms with E-state index in [1.54, 1.807) is 6.20 Å². The Morgan fingerprint density at radius 1 is 0.947 bits per heavy atom. The van der Waals surface area contributed by atoms with Crippen LogP contribution < -0.4 is 10.5 Å². The summed E-state index contributed by atoms with van der Waals surface area (Å²) < 4.78 is 5.70. The Morgan fingerprint density at radius 3 is 2.05 bits per heavy atom. The van der Waals surface area contributed by atoms with Gasteiger partial charge in [-0.15, -0.1) is 0 Å². The third-order valence-electron chi connectivity index (χ3n) is 3.05. The first kappa shape index (κ1) is 13.6. The summed E-state index contributed by atoms with van der Waals surface area (Å²) in [6.45, 7) is 6.27. The number of hydrogen-bond donors (Lipinski definition) is 1. The molecular weight excluding hydrogens is 236 g/mol. The maximum absolute atomic E-state index is 5.78. The molecule has 0 saturated heterocycles. The molecule has 0 radical (unpaired) electrons. The minimum atomic E-state index is -0.00752. The van der Waals surface area contributed by atoms with Crippen LogP contribution in [0.4, 0.5) is 0 Å². The molecule has 100 valence electrons. The molecule has 3 heteroatoms. The van der Waals surface area contributed by atoms with Gasteiger partial charge in [0.1, 0.15) is 5.75 Å². The van der Waals surface area contributed by atoms with Crippen molar-refractivity contribution in [1.82, 2.24) is 4.98 Å². The van der Waals surface area contributed by atoms with E-state index >= 15 is 0 Å². The third-order valence-corrected chi connectivity index (χ3v) is 3.05. The second-order valence-electron chi connectivity index (χ2n) is 5.04. The summed E-state index contributed by atoms with van der Waals surface area (Å²) >= 11 is 0. The minimum absolute atomic E-state index is 0.00752. The van der Waals surface area contributed by atoms with Gasteiger partial charge in [-0.05, 0) is 36.1 Å². The molecule has 1 aromatic heterocycles. The van der Waals surface area contributed by atoms with Gasteiger partial charge >= 0.3 is 0 Å². The summed E-state index contributed by atoms with van der Waals surface area (Å²) in [6, 6.07) is 11.9. The van der Waals surface area contributed by atoms with Gasteiger partial charge in [-0.25, -0.2) is 4.98 Å². The molecule has 0 aliphatic rings. The Bertz CT molecular complexity index is 466. The fraction of sp³-hybridized carbons (Fsp3) is 0.312. The van der Waals surface area contributed by atoms with E-state index in [0.717, 1.165) is 11.3 Å². The molecule has 0 aliphatic carbocycles. The Balaban J connectivity index is 2.08. The van der Waals surface area contributed by atoms with E-state index in [9.17, 15) is 0 Å². The maximum Gasteiger partial charge on any atom is 0.219 e. The number of hydrogen-bond acceptors (Lipinski definition) is 3. The van der Waals surface area contributed by atoms with Crippen LogP contribution in [0.25, 0.3) is 0 Å². The zero-order chi connectivity index (χ0) is 13.8. The van der Waals surface area contributed by atoms with E-state index in [2.05, 4.69) is 31.0 Å². The van der Waals surface area contributed by atoms with Crippen LogP contribution in [0.5, 0.6) is 11.6 Å². The van der Waals surface area contributed by atoms with Gasteiger partial charge in [-0.2, -0.15) is 0 Å². The fourth-order valence-corrected chi connectivity index (χ4v) is 1.76. The van der Waals surface area contributed by atoms with Gasteiger partial charge in [0.15, 0.2) is 0 Å². The van der Waals surface area contributed by atoms with Gasteiger partial charge < -0.3 is 10.5 Å². The molecule has 0 bridgehead atoms. The minimum Gasteiger partial charge on any atom is -0.439 e. The van der Waals surface area contributed by atoms with Crippen molar-refractivity contribution in [3.8, 4) is 11.6 Å². The summed E-state index contributed by atoms with van der Waals surface area (Å²) in [6.07, 6.45) is 1.75. The molecular formula is C16H20N2O. The van der Waals surface area contributed by atoms with Crippen LogP contribution >= 0.6 is 0 Å². The number of ether oxygens (including phenoxy) is 1. The lowest BCUT2D eigenvalue weighted by Gasteiger charge is -2.09. The quantitative estimate of drug-likeness (QED) is 0.898. The lowest BCUT2D eigenvalue weighted by Crippen LogP contribution is -2.05. The molecule has 2 aromatic rings. The fourth-order valence-electron chi connectivity index (χ4n) is 1.76. The number of aromatic nitrogens is 1. The Morgan fingerprint density at radius 2 is 1.58 bits per heavy atom. The highest BCUT2D eigenvalue weighted by molar-refractivity contribution is 5.32. The maximum atomic E-state index is 5.78. The standard InChI is InChI=1S/C16H20N2O/c1-11(2)13-4-7-15(8-5-13)19-16-9-6-14(10-18-16)12(3)17/h4-12H,17H2,1-3H3/t12-/m0/s1. The molecule has 0 fully saturated rings. The van der Waals surface area contributed by atoms with Crippen LogP contribution in [0.3, 0.4) is 0 Å². The summed E-state index contributed by atoms with van der Waals surface area (Å²) in [4.78, 5) is 4.25. The van der Waals surface area contributed by atoms with Crippen molar-refractivity contribution in [3.05, 3.63) is 53.7 Å². The highest BCUT2D eigenvalue weighted by atomic mass is 16.5. The summed E-state index contributed by atoms with van der Waals surface area (Å²) in [5.41, 5.74) is 8.08. The molecule has 0 spiro atoms. The topological polar surface area (TPSA) is 48.1 Å². The first-order chi connectivity index (χ1) is 9.06. The molecule has 0 unspecified atom stereocenters. The molecule has 1 aromatic carbocycles. The predicted molar refractivity (Wildman–Crippen MR) is 77.4 cm³/mol. The summed E-state index contributed by atoms with van der Waals surface area (Å²) in [5.74, 6) is 1.91. The van der Waals surface area contributed by atoms with Crippen LogP contribution in [0, 0.1) is 0 Å². The second-order valence-corrected chi connectivity index (χ2v) is 5.04. The van der Waals surface area contributed by atoms with E-state index in [0.29, 0.717) is 11.8 Å². The van der Waals surface area contributed by atoms with Gasteiger partial charge in [-0.3, -0.25) is 0 Å². The van der Waals surface area contributed by atoms with Crippen molar-refractivity contribution in [1.29, 1.82) is 0 Å². The zero-order valence-corrected chi connectivity index (χ0v) is 11.6. The number of nitrogens with two attached hydrogens (primary N) is 1. The molecule has 0 saturated carbocycles. The Kier molecular flexibility index (Phi) is 4.17. The van der Waals surface area contributed by atoms with Crippen molar-refractivity contribution >= 4 is 0 Å². The highest BCUT2D eigenvalue weighted by Gasteiger charge is 2.03. The van der Waals surface area contributed by atoms with Crippen LogP contribution in [0.2, 0.25) is 0 Å². The normalized spacial score (nSPS) is 12.5. The molecule has 2 N–H and O–H groups in total. The average molecular weight is 256 g/mol. The van der Waals surface area contributed by atoms with Gasteiger partial charge in [-0.1, -0.05) is 32.0 Å². The predicted octanol–water partition coefficient (Wildman–Crippen LogP) is 4.02. The van der Waals surface area contributed by atoms with Crippen LogP contribution in [0.15, 0.2) is 42.6 Å². The summed E-state index contributed by atoms with van der Waals surface area (Å²) in [5, 5.41) is 0. The number of rotatable bonds is 4. The average Bonchev–Trinajstić information content (AvgIpc) is 2.40. The van der Waals surface area contributed by atoms with Crippen LogP contribution in [-0.2, 0) is 0 Å². The Labute approximate surface area is 114 Å². The van der Waals surface area contributed by atoms with Gasteiger partial charge in [0, 0.05) is 18.3 Å². The van der Waals surface area contributed by atoms with E-state index in [1.807, 2.05) is 31.2 Å². The van der Waals surface area contributed by atoms with Gasteiger partial charge in [0.2, 0.25) is 5.88 Å². The zero-order valence-electron chi connectivity index (χ0n) is 11.6. The van der Waals surface area contributed by atoms with Crippen molar-refractivity contribution < 1.29 is 4.74 Å². The molecule has 3 nitrogen and oxygen atoms in total. The Hall–Kier alpha value is -1.87. The lowest BCUT2D eigenvalue weighted by atomic mass is 10.0. The SMILES string of the molecule is CC(C)c1ccc(Oc2ccc([C@H](C)N)cn2)cc1. The molecule has 0 amide bonds. The molecule has 0 aliphatic heterocycles. The van der Waals surface area contributed by atoms with Crippen molar-refractivity contribution in [3.63, 3.8) is 0 Å². The third kappa shape index (κ3) is 3.55. The largest absolute Gasteiger partial charge is 0.439 e. The number of benzene rings is 1. The second kappa shape index (κ2) is 5.85. The van der Waals surface area contributed by atoms with Gasteiger partial charge in [0.05, 0.1) is 0 Å².